The summed E-state index contributed by atoms with van der Waals surface area (Å²) in [6.45, 7) is 2.69. The van der Waals surface area contributed by atoms with Crippen molar-refractivity contribution in [2.45, 2.75) is 18.5 Å². The van der Waals surface area contributed by atoms with Crippen LogP contribution in [0.4, 0.5) is 8.78 Å². The monoisotopic (exact) mass is 362 g/mol. The van der Waals surface area contributed by atoms with Crippen molar-refractivity contribution in [3.63, 3.8) is 0 Å². The Kier molecular flexibility index (Phi) is 5.67. The largest absolute Gasteiger partial charge is 0.303 e. The maximum atomic E-state index is 14.1. The van der Waals surface area contributed by atoms with E-state index in [-0.39, 0.29) is 28.5 Å². The summed E-state index contributed by atoms with van der Waals surface area (Å²) in [4.78, 5) is 4.38. The number of piperazine rings is 1. The van der Waals surface area contributed by atoms with Gasteiger partial charge in [0.05, 0.1) is 4.47 Å². The van der Waals surface area contributed by atoms with Crippen molar-refractivity contribution in [1.82, 2.24) is 15.2 Å². The van der Waals surface area contributed by atoms with Crippen molar-refractivity contribution in [3.8, 4) is 0 Å². The molecule has 2 rings (SSSR count). The highest BCUT2D eigenvalue weighted by Gasteiger charge is 2.30. The smallest absolute Gasteiger partial charge is 0.143 e. The lowest BCUT2D eigenvalue weighted by Crippen LogP contribution is -2.60. The normalized spacial score (nSPS) is 22.5. The minimum atomic E-state index is -0.554. The Hall–Kier alpha value is -0.600. The Morgan fingerprint density at radius 3 is 2.76 bits per heavy atom. The fourth-order valence-corrected chi connectivity index (χ4v) is 3.13. The van der Waals surface area contributed by atoms with Crippen LogP contribution >= 0.6 is 15.9 Å². The molecule has 118 valence electrons. The highest BCUT2D eigenvalue weighted by atomic mass is 79.9. The van der Waals surface area contributed by atoms with Crippen molar-refractivity contribution in [1.29, 1.82) is 0 Å². The van der Waals surface area contributed by atoms with Crippen LogP contribution in [0.15, 0.2) is 16.6 Å². The molecule has 0 spiro atoms. The summed E-state index contributed by atoms with van der Waals surface area (Å²) >= 11 is 3.10. The van der Waals surface area contributed by atoms with Gasteiger partial charge in [-0.1, -0.05) is 0 Å². The molecule has 1 aromatic carbocycles. The molecule has 2 atom stereocenters. The van der Waals surface area contributed by atoms with E-state index >= 15 is 0 Å². The lowest BCUT2D eigenvalue weighted by atomic mass is 9.96. The standard InChI is InChI=1S/C14H21BrF2N4/c1-20-5-6-21(2)13(8-20)12(19-18)7-9-11(16)4-3-10(15)14(9)17/h3-4,12-13,19H,5-8,18H2,1-2H3. The van der Waals surface area contributed by atoms with Gasteiger partial charge in [-0.05, 0) is 48.6 Å². The number of hydrazine groups is 1. The van der Waals surface area contributed by atoms with Gasteiger partial charge >= 0.3 is 0 Å². The number of halogens is 3. The number of rotatable bonds is 4. The van der Waals surface area contributed by atoms with Gasteiger partial charge in [0.15, 0.2) is 0 Å². The zero-order valence-corrected chi connectivity index (χ0v) is 13.8. The molecule has 2 unspecified atom stereocenters. The Morgan fingerprint density at radius 2 is 2.10 bits per heavy atom. The number of hydrogen-bond donors (Lipinski definition) is 2. The molecule has 0 radical (unpaired) electrons. The van der Waals surface area contributed by atoms with Gasteiger partial charge in [-0.2, -0.15) is 0 Å². The molecular formula is C14H21BrF2N4. The minimum Gasteiger partial charge on any atom is -0.303 e. The van der Waals surface area contributed by atoms with Gasteiger partial charge in [0.1, 0.15) is 11.6 Å². The van der Waals surface area contributed by atoms with E-state index in [1.807, 2.05) is 14.1 Å². The molecule has 1 aliphatic rings. The molecule has 0 aromatic heterocycles. The van der Waals surface area contributed by atoms with Crippen LogP contribution in [0.3, 0.4) is 0 Å². The van der Waals surface area contributed by atoms with E-state index in [0.29, 0.717) is 0 Å². The third kappa shape index (κ3) is 3.78. The first kappa shape index (κ1) is 16.8. The summed E-state index contributed by atoms with van der Waals surface area (Å²) in [7, 11) is 4.05. The van der Waals surface area contributed by atoms with Crippen LogP contribution in [-0.2, 0) is 6.42 Å². The summed E-state index contributed by atoms with van der Waals surface area (Å²) < 4.78 is 28.3. The van der Waals surface area contributed by atoms with Crippen LogP contribution in [0.2, 0.25) is 0 Å². The number of nitrogens with zero attached hydrogens (tertiary/aromatic N) is 2. The zero-order valence-electron chi connectivity index (χ0n) is 12.2. The lowest BCUT2D eigenvalue weighted by molar-refractivity contribution is 0.0872. The molecule has 0 saturated carbocycles. The maximum Gasteiger partial charge on any atom is 0.143 e. The molecule has 1 aliphatic heterocycles. The van der Waals surface area contributed by atoms with E-state index in [0.717, 1.165) is 19.6 Å². The van der Waals surface area contributed by atoms with Gasteiger partial charge in [0.25, 0.3) is 0 Å². The molecule has 0 amide bonds. The Labute approximate surface area is 132 Å². The third-order valence-corrected chi connectivity index (χ3v) is 4.75. The summed E-state index contributed by atoms with van der Waals surface area (Å²) in [6, 6.07) is 2.52. The minimum absolute atomic E-state index is 0.0638. The third-order valence-electron chi connectivity index (χ3n) is 4.14. The number of benzene rings is 1. The molecule has 0 aliphatic carbocycles. The summed E-state index contributed by atoms with van der Waals surface area (Å²) in [6.07, 6.45) is 0.205. The first-order valence-electron chi connectivity index (χ1n) is 6.91. The summed E-state index contributed by atoms with van der Waals surface area (Å²) in [5.41, 5.74) is 2.79. The van der Waals surface area contributed by atoms with Crippen LogP contribution in [0.1, 0.15) is 5.56 Å². The molecule has 1 aromatic rings. The summed E-state index contributed by atoms with van der Waals surface area (Å²) in [5, 5.41) is 0. The SMILES string of the molecule is CN1CCN(C)C(C(Cc2c(F)ccc(Br)c2F)NN)C1. The molecule has 7 heteroatoms. The predicted octanol–water partition coefficient (Wildman–Crippen LogP) is 1.35. The molecule has 1 fully saturated rings. The van der Waals surface area contributed by atoms with E-state index in [4.69, 9.17) is 5.84 Å². The fourth-order valence-electron chi connectivity index (χ4n) is 2.76. The Balaban J connectivity index is 2.21. The predicted molar refractivity (Wildman–Crippen MR) is 82.8 cm³/mol. The Morgan fingerprint density at radius 1 is 1.38 bits per heavy atom. The van der Waals surface area contributed by atoms with Crippen molar-refractivity contribution in [2.24, 2.45) is 5.84 Å². The average Bonchev–Trinajstić information content (AvgIpc) is 2.46. The van der Waals surface area contributed by atoms with Crippen molar-refractivity contribution in [3.05, 3.63) is 33.8 Å². The van der Waals surface area contributed by atoms with Crippen molar-refractivity contribution >= 4 is 15.9 Å². The van der Waals surface area contributed by atoms with E-state index < -0.39 is 11.6 Å². The highest BCUT2D eigenvalue weighted by molar-refractivity contribution is 9.10. The van der Waals surface area contributed by atoms with Gasteiger partial charge in [-0.25, -0.2) is 8.78 Å². The van der Waals surface area contributed by atoms with Crippen LogP contribution < -0.4 is 11.3 Å². The van der Waals surface area contributed by atoms with Crippen LogP contribution in [-0.4, -0.2) is 55.6 Å². The molecule has 3 N–H and O–H groups in total. The summed E-state index contributed by atoms with van der Waals surface area (Å²) in [5.74, 6) is 4.55. The van der Waals surface area contributed by atoms with Crippen molar-refractivity contribution < 1.29 is 8.78 Å². The number of hydrogen-bond acceptors (Lipinski definition) is 4. The van der Waals surface area contributed by atoms with E-state index in [9.17, 15) is 8.78 Å². The van der Waals surface area contributed by atoms with Crippen molar-refractivity contribution in [2.75, 3.05) is 33.7 Å². The first-order chi connectivity index (χ1) is 9.93. The molecule has 4 nitrogen and oxygen atoms in total. The van der Waals surface area contributed by atoms with Gasteiger partial charge < -0.3 is 4.90 Å². The lowest BCUT2D eigenvalue weighted by Gasteiger charge is -2.41. The van der Waals surface area contributed by atoms with E-state index in [1.165, 1.54) is 12.1 Å². The molecule has 0 bridgehead atoms. The van der Waals surface area contributed by atoms with Crippen LogP contribution in [0, 0.1) is 11.6 Å². The number of nitrogens with one attached hydrogen (secondary N) is 1. The Bertz CT molecular complexity index is 500. The van der Waals surface area contributed by atoms with Gasteiger partial charge in [0, 0.05) is 37.3 Å². The second-order valence-corrected chi connectivity index (χ2v) is 6.46. The number of likely N-dealkylation sites (N-methyl/N-ethyl adjacent to an activating group) is 2. The van der Waals surface area contributed by atoms with E-state index in [1.54, 1.807) is 0 Å². The molecule has 1 saturated heterocycles. The quantitative estimate of drug-likeness (QED) is 0.482. The average molecular weight is 363 g/mol. The highest BCUT2D eigenvalue weighted by Crippen LogP contribution is 2.24. The zero-order chi connectivity index (χ0) is 15.6. The maximum absolute atomic E-state index is 14.1. The molecule has 1 heterocycles. The first-order valence-corrected chi connectivity index (χ1v) is 7.70. The van der Waals surface area contributed by atoms with Crippen LogP contribution in [0.25, 0.3) is 0 Å². The molecular weight excluding hydrogens is 342 g/mol. The second-order valence-electron chi connectivity index (χ2n) is 5.61. The molecule has 21 heavy (non-hydrogen) atoms. The van der Waals surface area contributed by atoms with Crippen LogP contribution in [0.5, 0.6) is 0 Å². The van der Waals surface area contributed by atoms with Gasteiger partial charge in [0.2, 0.25) is 0 Å². The topological polar surface area (TPSA) is 44.5 Å². The van der Waals surface area contributed by atoms with Gasteiger partial charge in [-0.15, -0.1) is 0 Å². The second kappa shape index (κ2) is 7.11. The fraction of sp³-hybridized carbons (Fsp3) is 0.571. The van der Waals surface area contributed by atoms with Gasteiger partial charge in [-0.3, -0.25) is 16.2 Å². The van der Waals surface area contributed by atoms with E-state index in [2.05, 4.69) is 31.2 Å². The number of nitrogens with two attached hydrogens (primary N) is 1.